The summed E-state index contributed by atoms with van der Waals surface area (Å²) in [4.78, 5) is 19.7. The Kier molecular flexibility index (Phi) is 3.74. The maximum Gasteiger partial charge on any atom is 0.269 e. The average molecular weight is 347 g/mol. The Bertz CT molecular complexity index is 1090. The lowest BCUT2D eigenvalue weighted by Crippen LogP contribution is -1.89. The summed E-state index contributed by atoms with van der Waals surface area (Å²) < 4.78 is 0. The molecule has 0 atom stereocenters. The van der Waals surface area contributed by atoms with Gasteiger partial charge in [0.05, 0.1) is 16.1 Å². The zero-order valence-corrected chi connectivity index (χ0v) is 14.2. The second kappa shape index (κ2) is 6.07. The van der Waals surface area contributed by atoms with E-state index in [0.29, 0.717) is 0 Å². The van der Waals surface area contributed by atoms with Gasteiger partial charge in [0.15, 0.2) is 0 Å². The zero-order valence-electron chi connectivity index (χ0n) is 13.3. The number of rotatable bonds is 3. The summed E-state index contributed by atoms with van der Waals surface area (Å²) in [5.41, 5.74) is 4.71. The van der Waals surface area contributed by atoms with Gasteiger partial charge in [0, 0.05) is 39.7 Å². The van der Waals surface area contributed by atoms with Crippen molar-refractivity contribution >= 4 is 27.9 Å². The molecule has 0 amide bonds. The predicted molar refractivity (Wildman–Crippen MR) is 99.7 cm³/mol. The Hall–Kier alpha value is -3.12. The van der Waals surface area contributed by atoms with Crippen molar-refractivity contribution < 1.29 is 4.92 Å². The van der Waals surface area contributed by atoms with E-state index in [-0.39, 0.29) is 5.69 Å². The molecule has 2 aromatic carbocycles. The maximum absolute atomic E-state index is 10.8. The van der Waals surface area contributed by atoms with Gasteiger partial charge >= 0.3 is 0 Å². The second-order valence-electron chi connectivity index (χ2n) is 5.67. The van der Waals surface area contributed by atoms with E-state index in [1.54, 1.807) is 23.5 Å². The van der Waals surface area contributed by atoms with E-state index < -0.39 is 4.92 Å². The van der Waals surface area contributed by atoms with Gasteiger partial charge in [-0.25, -0.2) is 4.98 Å². The largest absolute Gasteiger partial charge is 0.269 e. The van der Waals surface area contributed by atoms with Crippen LogP contribution in [0, 0.1) is 17.0 Å². The zero-order chi connectivity index (χ0) is 17.4. The van der Waals surface area contributed by atoms with Gasteiger partial charge in [0.1, 0.15) is 5.01 Å². The molecule has 0 spiro atoms. The predicted octanol–water partition coefficient (Wildman–Crippen LogP) is 5.24. The molecule has 0 saturated carbocycles. The molecule has 0 fully saturated rings. The number of nitrogens with zero attached hydrogens (tertiary/aromatic N) is 3. The number of nitro benzene ring substituents is 1. The number of fused-ring (bicyclic) bond motifs is 1. The number of hydrogen-bond acceptors (Lipinski definition) is 5. The van der Waals surface area contributed by atoms with Crippen LogP contribution < -0.4 is 0 Å². The van der Waals surface area contributed by atoms with Gasteiger partial charge in [0.2, 0.25) is 0 Å². The molecule has 5 nitrogen and oxygen atoms in total. The third kappa shape index (κ3) is 2.88. The lowest BCUT2D eigenvalue weighted by atomic mass is 10.1. The number of benzene rings is 2. The Balaban J connectivity index is 1.78. The van der Waals surface area contributed by atoms with E-state index in [1.807, 2.05) is 42.6 Å². The molecular formula is C19H13N3O2S. The minimum atomic E-state index is -0.401. The highest BCUT2D eigenvalue weighted by atomic mass is 32.1. The van der Waals surface area contributed by atoms with Crippen LogP contribution in [0.15, 0.2) is 60.0 Å². The van der Waals surface area contributed by atoms with Gasteiger partial charge in [0.25, 0.3) is 5.69 Å². The molecule has 6 heteroatoms. The van der Waals surface area contributed by atoms with Gasteiger partial charge in [-0.15, -0.1) is 11.3 Å². The van der Waals surface area contributed by atoms with E-state index in [2.05, 4.69) is 4.98 Å². The SMILES string of the molecule is Cc1cc(-c2nc(-c3ccc([N+](=O)[O-])cc3)cs2)c2ccccc2n1. The highest BCUT2D eigenvalue weighted by molar-refractivity contribution is 7.13. The van der Waals surface area contributed by atoms with Crippen molar-refractivity contribution in [3.05, 3.63) is 75.8 Å². The average Bonchev–Trinajstić information content (AvgIpc) is 3.11. The van der Waals surface area contributed by atoms with Crippen LogP contribution >= 0.6 is 11.3 Å². The molecule has 0 radical (unpaired) electrons. The monoisotopic (exact) mass is 347 g/mol. The van der Waals surface area contributed by atoms with Crippen LogP contribution in [0.5, 0.6) is 0 Å². The lowest BCUT2D eigenvalue weighted by Gasteiger charge is -2.05. The Morgan fingerprint density at radius 3 is 2.56 bits per heavy atom. The first-order chi connectivity index (χ1) is 12.1. The van der Waals surface area contributed by atoms with Gasteiger partial charge in [-0.1, -0.05) is 18.2 Å². The number of pyridine rings is 1. The van der Waals surface area contributed by atoms with Gasteiger partial charge in [-0.3, -0.25) is 15.1 Å². The second-order valence-corrected chi connectivity index (χ2v) is 6.53. The van der Waals surface area contributed by atoms with Crippen LogP contribution in [0.2, 0.25) is 0 Å². The number of aryl methyl sites for hydroxylation is 1. The Morgan fingerprint density at radius 2 is 1.80 bits per heavy atom. The highest BCUT2D eigenvalue weighted by Gasteiger charge is 2.12. The van der Waals surface area contributed by atoms with Gasteiger partial charge in [-0.2, -0.15) is 0 Å². The topological polar surface area (TPSA) is 68.9 Å². The van der Waals surface area contributed by atoms with Crippen molar-refractivity contribution in [1.82, 2.24) is 9.97 Å². The normalized spacial score (nSPS) is 10.9. The molecule has 0 saturated heterocycles. The number of thiazole rings is 1. The Morgan fingerprint density at radius 1 is 1.04 bits per heavy atom. The van der Waals surface area contributed by atoms with E-state index in [4.69, 9.17) is 4.98 Å². The molecular weight excluding hydrogens is 334 g/mol. The van der Waals surface area contributed by atoms with Gasteiger partial charge in [-0.05, 0) is 31.2 Å². The van der Waals surface area contributed by atoms with Crippen molar-refractivity contribution in [2.45, 2.75) is 6.92 Å². The number of non-ortho nitro benzene ring substituents is 1. The molecule has 4 aromatic rings. The smallest absolute Gasteiger partial charge is 0.258 e. The van der Waals surface area contributed by atoms with Crippen molar-refractivity contribution in [3.8, 4) is 21.8 Å². The molecule has 2 heterocycles. The number of hydrogen-bond donors (Lipinski definition) is 0. The fourth-order valence-electron chi connectivity index (χ4n) is 2.77. The Labute approximate surface area is 147 Å². The first-order valence-electron chi connectivity index (χ1n) is 7.69. The molecule has 0 bridgehead atoms. The summed E-state index contributed by atoms with van der Waals surface area (Å²) in [5.74, 6) is 0. The third-order valence-electron chi connectivity index (χ3n) is 3.95. The molecule has 25 heavy (non-hydrogen) atoms. The molecule has 2 aromatic heterocycles. The molecule has 0 N–H and O–H groups in total. The fraction of sp³-hybridized carbons (Fsp3) is 0.0526. The van der Waals surface area contributed by atoms with E-state index in [9.17, 15) is 10.1 Å². The number of aromatic nitrogens is 2. The van der Waals surface area contributed by atoms with E-state index in [0.717, 1.165) is 38.4 Å². The minimum absolute atomic E-state index is 0.0787. The van der Waals surface area contributed by atoms with Crippen LogP contribution in [0.1, 0.15) is 5.69 Å². The van der Waals surface area contributed by atoms with Crippen LogP contribution in [0.4, 0.5) is 5.69 Å². The molecule has 4 rings (SSSR count). The molecule has 0 unspecified atom stereocenters. The summed E-state index contributed by atoms with van der Waals surface area (Å²) in [6, 6.07) is 16.5. The van der Waals surface area contributed by atoms with Crippen molar-refractivity contribution in [1.29, 1.82) is 0 Å². The molecule has 0 aliphatic heterocycles. The molecule has 0 aliphatic carbocycles. The summed E-state index contributed by atoms with van der Waals surface area (Å²) >= 11 is 1.56. The first-order valence-corrected chi connectivity index (χ1v) is 8.57. The minimum Gasteiger partial charge on any atom is -0.258 e. The summed E-state index contributed by atoms with van der Waals surface area (Å²) in [5, 5.41) is 14.7. The van der Waals surface area contributed by atoms with Crippen LogP contribution in [0.3, 0.4) is 0 Å². The number of para-hydroxylation sites is 1. The van der Waals surface area contributed by atoms with Crippen molar-refractivity contribution in [2.24, 2.45) is 0 Å². The van der Waals surface area contributed by atoms with Crippen molar-refractivity contribution in [2.75, 3.05) is 0 Å². The first kappa shape index (κ1) is 15.4. The standard InChI is InChI=1S/C19H13N3O2S/c1-12-10-16(15-4-2-3-5-17(15)20-12)19-21-18(11-25-19)13-6-8-14(9-7-13)22(23)24/h2-11H,1H3. The van der Waals surface area contributed by atoms with Crippen molar-refractivity contribution in [3.63, 3.8) is 0 Å². The van der Waals surface area contributed by atoms with Crippen LogP contribution in [-0.4, -0.2) is 14.9 Å². The summed E-state index contributed by atoms with van der Waals surface area (Å²) in [7, 11) is 0. The van der Waals surface area contributed by atoms with Crippen LogP contribution in [0.25, 0.3) is 32.7 Å². The van der Waals surface area contributed by atoms with Crippen LogP contribution in [-0.2, 0) is 0 Å². The number of nitro groups is 1. The quantitative estimate of drug-likeness (QED) is 0.375. The summed E-state index contributed by atoms with van der Waals surface area (Å²) in [6.45, 7) is 1.97. The third-order valence-corrected chi connectivity index (χ3v) is 4.83. The maximum atomic E-state index is 10.8. The van der Waals surface area contributed by atoms with Gasteiger partial charge < -0.3 is 0 Å². The van der Waals surface area contributed by atoms with E-state index >= 15 is 0 Å². The molecule has 0 aliphatic rings. The highest BCUT2D eigenvalue weighted by Crippen LogP contribution is 2.33. The lowest BCUT2D eigenvalue weighted by molar-refractivity contribution is -0.384. The molecule has 122 valence electrons. The van der Waals surface area contributed by atoms with E-state index in [1.165, 1.54) is 12.1 Å². The summed E-state index contributed by atoms with van der Waals surface area (Å²) in [6.07, 6.45) is 0. The fourth-order valence-corrected chi connectivity index (χ4v) is 3.63.